The summed E-state index contributed by atoms with van der Waals surface area (Å²) in [6.45, 7) is 1.18. The molecule has 2 aromatic rings. The smallest absolute Gasteiger partial charge is 0.390 e. The fraction of sp³-hybridized carbons (Fsp3) is 0.500. The Hall–Kier alpha value is -2.61. The Morgan fingerprint density at radius 2 is 1.74 bits per heavy atom. The highest BCUT2D eigenvalue weighted by molar-refractivity contribution is 5.85. The van der Waals surface area contributed by atoms with E-state index in [-0.39, 0.29) is 31.6 Å². The number of hydrazine groups is 1. The van der Waals surface area contributed by atoms with Crippen LogP contribution in [0.1, 0.15) is 29.5 Å². The molecular weight excluding hydrogens is 512 g/mol. The van der Waals surface area contributed by atoms with Crippen LogP contribution in [-0.4, -0.2) is 71.3 Å². The predicted octanol–water partition coefficient (Wildman–Crippen LogP) is 2.56. The van der Waals surface area contributed by atoms with E-state index in [9.17, 15) is 32.6 Å². The van der Waals surface area contributed by atoms with Crippen molar-refractivity contribution in [3.8, 4) is 0 Å². The van der Waals surface area contributed by atoms with Crippen LogP contribution in [-0.2, 0) is 38.4 Å². The molecule has 1 saturated heterocycles. The van der Waals surface area contributed by atoms with E-state index in [0.717, 1.165) is 12.1 Å². The quantitative estimate of drug-likeness (QED) is 0.441. The van der Waals surface area contributed by atoms with Gasteiger partial charge in [-0.2, -0.15) is 13.2 Å². The Kier molecular flexibility index (Phi) is 9.01. The highest BCUT2D eigenvalue weighted by Crippen LogP contribution is 2.36. The Morgan fingerprint density at radius 1 is 1.05 bits per heavy atom. The minimum absolute atomic E-state index is 0.169. The van der Waals surface area contributed by atoms with Crippen molar-refractivity contribution < 1.29 is 46.8 Å². The standard InChI is InChI=1S/C26H30F4N2O6/c27-20-6-2-4-18(12-20)16-38-25(24(35)31-32-7-9-36-10-8-32)13-21(33)23(34)22(14-25)37-15-17-3-1-5-19(11-17)26(28,29)30/h1-6,11-12,21-23,33-34H,7-10,13-16H2,(H,31,35)/t21-,22?,23-,25+/m1/s1. The third kappa shape index (κ3) is 7.07. The number of carbonyl (C=O) groups excluding carboxylic acids is 1. The lowest BCUT2D eigenvalue weighted by atomic mass is 9.78. The number of nitrogens with one attached hydrogen (secondary N) is 1. The van der Waals surface area contributed by atoms with Crippen LogP contribution in [0.3, 0.4) is 0 Å². The number of nitrogens with zero attached hydrogens (tertiary/aromatic N) is 1. The van der Waals surface area contributed by atoms with Gasteiger partial charge in [-0.1, -0.05) is 24.3 Å². The van der Waals surface area contributed by atoms with Crippen molar-refractivity contribution in [1.29, 1.82) is 0 Å². The molecule has 0 spiro atoms. The first kappa shape index (κ1) is 28.4. The number of amides is 1. The van der Waals surface area contributed by atoms with Crippen molar-refractivity contribution in [3.05, 3.63) is 71.0 Å². The molecule has 4 rings (SSSR count). The van der Waals surface area contributed by atoms with Crippen LogP contribution >= 0.6 is 0 Å². The van der Waals surface area contributed by atoms with Gasteiger partial charge in [0.15, 0.2) is 5.60 Å². The summed E-state index contributed by atoms with van der Waals surface area (Å²) >= 11 is 0. The van der Waals surface area contributed by atoms with Gasteiger partial charge >= 0.3 is 6.18 Å². The summed E-state index contributed by atoms with van der Waals surface area (Å²) in [6, 6.07) is 10.2. The van der Waals surface area contributed by atoms with Crippen LogP contribution < -0.4 is 5.43 Å². The molecular formula is C26H30F4N2O6. The minimum atomic E-state index is -4.53. The number of alkyl halides is 3. The molecule has 38 heavy (non-hydrogen) atoms. The number of aliphatic hydroxyl groups excluding tert-OH is 2. The molecule has 2 aromatic carbocycles. The maximum atomic E-state index is 13.7. The molecule has 1 amide bonds. The molecule has 1 heterocycles. The van der Waals surface area contributed by atoms with Gasteiger partial charge < -0.3 is 24.4 Å². The topological polar surface area (TPSA) is 100 Å². The fourth-order valence-corrected chi connectivity index (χ4v) is 4.57. The molecule has 2 aliphatic rings. The van der Waals surface area contributed by atoms with Crippen LogP contribution in [0.4, 0.5) is 17.6 Å². The number of hydrogen-bond acceptors (Lipinski definition) is 7. The molecule has 1 unspecified atom stereocenters. The molecule has 1 aliphatic heterocycles. The number of aliphatic hydroxyl groups is 2. The summed E-state index contributed by atoms with van der Waals surface area (Å²) in [5, 5.41) is 23.0. The molecule has 3 N–H and O–H groups in total. The van der Waals surface area contributed by atoms with E-state index in [1.165, 1.54) is 30.3 Å². The van der Waals surface area contributed by atoms with Gasteiger partial charge in [-0.05, 0) is 35.4 Å². The summed E-state index contributed by atoms with van der Waals surface area (Å²) in [6.07, 6.45) is -9.00. The largest absolute Gasteiger partial charge is 0.416 e. The lowest BCUT2D eigenvalue weighted by Crippen LogP contribution is -2.63. The van der Waals surface area contributed by atoms with Crippen LogP contribution in [0.5, 0.6) is 0 Å². The van der Waals surface area contributed by atoms with Crippen LogP contribution in [0.15, 0.2) is 48.5 Å². The van der Waals surface area contributed by atoms with E-state index in [0.29, 0.717) is 31.9 Å². The number of rotatable bonds is 8. The summed E-state index contributed by atoms with van der Waals surface area (Å²) < 4.78 is 70.1. The van der Waals surface area contributed by atoms with E-state index in [1.807, 2.05) is 0 Å². The molecule has 12 heteroatoms. The molecule has 1 aliphatic carbocycles. The molecule has 0 bridgehead atoms. The molecule has 0 aromatic heterocycles. The highest BCUT2D eigenvalue weighted by Gasteiger charge is 2.52. The number of carbonyl (C=O) groups is 1. The van der Waals surface area contributed by atoms with E-state index in [2.05, 4.69) is 5.43 Å². The number of benzene rings is 2. The molecule has 208 valence electrons. The average Bonchev–Trinajstić information content (AvgIpc) is 2.89. The van der Waals surface area contributed by atoms with Gasteiger partial charge in [-0.3, -0.25) is 10.2 Å². The van der Waals surface area contributed by atoms with Crippen molar-refractivity contribution in [2.75, 3.05) is 26.3 Å². The molecule has 0 radical (unpaired) electrons. The minimum Gasteiger partial charge on any atom is -0.390 e. The lowest BCUT2D eigenvalue weighted by molar-refractivity contribution is -0.203. The number of halogens is 4. The summed E-state index contributed by atoms with van der Waals surface area (Å²) in [5.41, 5.74) is 0.902. The maximum Gasteiger partial charge on any atom is 0.416 e. The lowest BCUT2D eigenvalue weighted by Gasteiger charge is -2.44. The van der Waals surface area contributed by atoms with Crippen LogP contribution in [0, 0.1) is 5.82 Å². The number of hydrogen-bond donors (Lipinski definition) is 3. The second-order valence-corrected chi connectivity index (χ2v) is 9.47. The first-order valence-corrected chi connectivity index (χ1v) is 12.2. The normalized spacial score (nSPS) is 26.7. The Labute approximate surface area is 217 Å². The van der Waals surface area contributed by atoms with E-state index >= 15 is 0 Å². The Morgan fingerprint density at radius 3 is 2.42 bits per heavy atom. The Balaban J connectivity index is 1.53. The summed E-state index contributed by atoms with van der Waals surface area (Å²) in [7, 11) is 0. The molecule has 2 fully saturated rings. The maximum absolute atomic E-state index is 13.7. The van der Waals surface area contributed by atoms with Gasteiger partial charge in [-0.15, -0.1) is 0 Å². The molecule has 1 saturated carbocycles. The first-order valence-electron chi connectivity index (χ1n) is 12.2. The van der Waals surface area contributed by atoms with Gasteiger partial charge in [0.25, 0.3) is 5.91 Å². The monoisotopic (exact) mass is 542 g/mol. The Bertz CT molecular complexity index is 1100. The summed E-state index contributed by atoms with van der Waals surface area (Å²) in [4.78, 5) is 13.5. The predicted molar refractivity (Wildman–Crippen MR) is 126 cm³/mol. The third-order valence-corrected chi connectivity index (χ3v) is 6.65. The van der Waals surface area contributed by atoms with Gasteiger partial charge in [0.1, 0.15) is 11.9 Å². The van der Waals surface area contributed by atoms with Gasteiger partial charge in [0.2, 0.25) is 0 Å². The number of morpholine rings is 1. The second kappa shape index (κ2) is 12.1. The van der Waals surface area contributed by atoms with Crippen molar-refractivity contribution in [1.82, 2.24) is 10.4 Å². The van der Waals surface area contributed by atoms with Crippen molar-refractivity contribution >= 4 is 5.91 Å². The summed E-state index contributed by atoms with van der Waals surface area (Å²) in [5.74, 6) is -1.08. The average molecular weight is 543 g/mol. The van der Waals surface area contributed by atoms with Crippen molar-refractivity contribution in [2.24, 2.45) is 0 Å². The van der Waals surface area contributed by atoms with Gasteiger partial charge in [-0.25, -0.2) is 9.40 Å². The second-order valence-electron chi connectivity index (χ2n) is 9.47. The molecule has 4 atom stereocenters. The zero-order chi connectivity index (χ0) is 27.3. The first-order chi connectivity index (χ1) is 18.1. The number of ether oxygens (including phenoxy) is 3. The third-order valence-electron chi connectivity index (χ3n) is 6.65. The van der Waals surface area contributed by atoms with E-state index in [1.54, 1.807) is 11.1 Å². The van der Waals surface area contributed by atoms with Gasteiger partial charge in [0, 0.05) is 25.9 Å². The SMILES string of the molecule is O=C(NN1CCOCC1)[C@@]1(OCc2cccc(F)c2)CC(OCc2cccc(C(F)(F)F)c2)[C@H](O)[C@H](O)C1. The zero-order valence-electron chi connectivity index (χ0n) is 20.5. The van der Waals surface area contributed by atoms with E-state index < -0.39 is 47.4 Å². The van der Waals surface area contributed by atoms with Gasteiger partial charge in [0.05, 0.1) is 44.2 Å². The van der Waals surface area contributed by atoms with Crippen molar-refractivity contribution in [2.45, 2.75) is 56.1 Å². The molecule has 8 nitrogen and oxygen atoms in total. The van der Waals surface area contributed by atoms with Crippen LogP contribution in [0.2, 0.25) is 0 Å². The fourth-order valence-electron chi connectivity index (χ4n) is 4.57. The van der Waals surface area contributed by atoms with Crippen LogP contribution in [0.25, 0.3) is 0 Å². The van der Waals surface area contributed by atoms with Crippen molar-refractivity contribution in [3.63, 3.8) is 0 Å². The zero-order valence-corrected chi connectivity index (χ0v) is 20.5. The highest BCUT2D eigenvalue weighted by atomic mass is 19.4. The van der Waals surface area contributed by atoms with E-state index in [4.69, 9.17) is 14.2 Å².